The summed E-state index contributed by atoms with van der Waals surface area (Å²) in [5, 5.41) is 3.18. The molecule has 3 nitrogen and oxygen atoms in total. The summed E-state index contributed by atoms with van der Waals surface area (Å²) in [6, 6.07) is 4.96. The maximum atomic E-state index is 13.6. The van der Waals surface area contributed by atoms with Crippen molar-refractivity contribution >= 4 is 5.82 Å². The van der Waals surface area contributed by atoms with Gasteiger partial charge in [0.25, 0.3) is 0 Å². The van der Waals surface area contributed by atoms with Crippen molar-refractivity contribution in [1.29, 1.82) is 0 Å². The highest BCUT2D eigenvalue weighted by Gasteiger charge is 2.17. The SMILES string of the molecule is CNc1nc(-c2cc(C)cc(F)c2)nc2c1CCCCC2. The second kappa shape index (κ2) is 5.80. The van der Waals surface area contributed by atoms with Crippen LogP contribution in [0.25, 0.3) is 11.4 Å². The minimum Gasteiger partial charge on any atom is -0.373 e. The first-order valence-corrected chi connectivity index (χ1v) is 7.52. The van der Waals surface area contributed by atoms with Gasteiger partial charge in [0, 0.05) is 23.9 Å². The predicted molar refractivity (Wildman–Crippen MR) is 83.0 cm³/mol. The van der Waals surface area contributed by atoms with Gasteiger partial charge < -0.3 is 5.32 Å². The number of aromatic nitrogens is 2. The van der Waals surface area contributed by atoms with Crippen molar-refractivity contribution in [2.24, 2.45) is 0 Å². The predicted octanol–water partition coefficient (Wildman–Crippen LogP) is 3.90. The van der Waals surface area contributed by atoms with E-state index in [1.165, 1.54) is 30.5 Å². The number of nitrogens with zero attached hydrogens (tertiary/aromatic N) is 2. The molecule has 1 N–H and O–H groups in total. The van der Waals surface area contributed by atoms with Gasteiger partial charge in [-0.05, 0) is 56.4 Å². The van der Waals surface area contributed by atoms with E-state index >= 15 is 0 Å². The Labute approximate surface area is 124 Å². The van der Waals surface area contributed by atoms with Crippen LogP contribution in [0.4, 0.5) is 10.2 Å². The molecule has 110 valence electrons. The Kier molecular flexibility index (Phi) is 3.86. The minimum absolute atomic E-state index is 0.241. The van der Waals surface area contributed by atoms with E-state index in [0.29, 0.717) is 5.82 Å². The maximum Gasteiger partial charge on any atom is 0.161 e. The number of nitrogens with one attached hydrogen (secondary N) is 1. The highest BCUT2D eigenvalue weighted by atomic mass is 19.1. The third-order valence-electron chi connectivity index (χ3n) is 3.97. The minimum atomic E-state index is -0.241. The first-order valence-electron chi connectivity index (χ1n) is 7.52. The lowest BCUT2D eigenvalue weighted by Crippen LogP contribution is -2.07. The van der Waals surface area contributed by atoms with Crippen LogP contribution in [0.5, 0.6) is 0 Å². The summed E-state index contributed by atoms with van der Waals surface area (Å²) in [7, 11) is 1.88. The molecule has 2 aromatic rings. The summed E-state index contributed by atoms with van der Waals surface area (Å²) in [4.78, 5) is 9.33. The molecule has 0 amide bonds. The normalized spacial score (nSPS) is 14.4. The van der Waals surface area contributed by atoms with Crippen molar-refractivity contribution in [2.45, 2.75) is 39.0 Å². The Morgan fingerprint density at radius 1 is 1.05 bits per heavy atom. The maximum absolute atomic E-state index is 13.6. The fourth-order valence-corrected chi connectivity index (χ4v) is 2.97. The van der Waals surface area contributed by atoms with Gasteiger partial charge in [0.2, 0.25) is 0 Å². The van der Waals surface area contributed by atoms with Crippen molar-refractivity contribution in [1.82, 2.24) is 9.97 Å². The van der Waals surface area contributed by atoms with Crippen LogP contribution in [0, 0.1) is 12.7 Å². The van der Waals surface area contributed by atoms with Gasteiger partial charge in [-0.2, -0.15) is 0 Å². The lowest BCUT2D eigenvalue weighted by Gasteiger charge is -2.13. The van der Waals surface area contributed by atoms with E-state index < -0.39 is 0 Å². The molecule has 4 heteroatoms. The zero-order chi connectivity index (χ0) is 14.8. The molecule has 0 unspecified atom stereocenters. The lowest BCUT2D eigenvalue weighted by atomic mass is 10.1. The van der Waals surface area contributed by atoms with Gasteiger partial charge in [-0.25, -0.2) is 14.4 Å². The van der Waals surface area contributed by atoms with Gasteiger partial charge in [-0.15, -0.1) is 0 Å². The van der Waals surface area contributed by atoms with Crippen LogP contribution in [0.2, 0.25) is 0 Å². The highest BCUT2D eigenvalue weighted by molar-refractivity contribution is 5.61. The summed E-state index contributed by atoms with van der Waals surface area (Å²) in [5.41, 5.74) is 3.97. The molecular formula is C17H20FN3. The average molecular weight is 285 g/mol. The molecule has 0 aliphatic heterocycles. The van der Waals surface area contributed by atoms with Crippen molar-refractivity contribution in [2.75, 3.05) is 12.4 Å². The van der Waals surface area contributed by atoms with Crippen LogP contribution >= 0.6 is 0 Å². The second-order valence-electron chi connectivity index (χ2n) is 5.65. The largest absolute Gasteiger partial charge is 0.373 e. The van der Waals surface area contributed by atoms with E-state index in [-0.39, 0.29) is 5.82 Å². The highest BCUT2D eigenvalue weighted by Crippen LogP contribution is 2.28. The smallest absolute Gasteiger partial charge is 0.161 e. The Balaban J connectivity index is 2.13. The molecule has 0 atom stereocenters. The molecule has 0 saturated heterocycles. The number of hydrogen-bond donors (Lipinski definition) is 1. The van der Waals surface area contributed by atoms with Crippen molar-refractivity contribution in [3.63, 3.8) is 0 Å². The van der Waals surface area contributed by atoms with E-state index in [0.717, 1.165) is 41.9 Å². The van der Waals surface area contributed by atoms with Gasteiger partial charge in [-0.1, -0.05) is 6.42 Å². The molecule has 1 aliphatic carbocycles. The van der Waals surface area contributed by atoms with Crippen molar-refractivity contribution in [3.8, 4) is 11.4 Å². The lowest BCUT2D eigenvalue weighted by molar-refractivity contribution is 0.627. The number of benzene rings is 1. The van der Waals surface area contributed by atoms with Crippen LogP contribution in [0.3, 0.4) is 0 Å². The summed E-state index contributed by atoms with van der Waals surface area (Å²) in [5.74, 6) is 1.26. The topological polar surface area (TPSA) is 37.8 Å². The molecule has 0 bridgehead atoms. The zero-order valence-electron chi connectivity index (χ0n) is 12.5. The summed E-state index contributed by atoms with van der Waals surface area (Å²) in [6.07, 6.45) is 5.58. The van der Waals surface area contributed by atoms with Gasteiger partial charge in [0.05, 0.1) is 0 Å². The van der Waals surface area contributed by atoms with Gasteiger partial charge >= 0.3 is 0 Å². The second-order valence-corrected chi connectivity index (χ2v) is 5.65. The third kappa shape index (κ3) is 2.89. The quantitative estimate of drug-likeness (QED) is 0.850. The standard InChI is InChI=1S/C17H20FN3/c1-11-8-12(10-13(18)9-11)16-20-15-7-5-3-4-6-14(15)17(19-2)21-16/h8-10H,3-7H2,1-2H3,(H,19,20,21). The zero-order valence-corrected chi connectivity index (χ0v) is 12.5. The number of rotatable bonds is 2. The molecule has 1 heterocycles. The summed E-state index contributed by atoms with van der Waals surface area (Å²) < 4.78 is 13.6. The van der Waals surface area contributed by atoms with Gasteiger partial charge in [0.15, 0.2) is 5.82 Å². The molecule has 1 aromatic carbocycles. The number of fused-ring (bicyclic) bond motifs is 1. The van der Waals surface area contributed by atoms with E-state index in [4.69, 9.17) is 4.98 Å². The van der Waals surface area contributed by atoms with Crippen LogP contribution in [-0.2, 0) is 12.8 Å². The molecule has 1 aliphatic rings. The molecule has 0 saturated carbocycles. The van der Waals surface area contributed by atoms with Crippen LogP contribution in [0.1, 0.15) is 36.1 Å². The van der Waals surface area contributed by atoms with E-state index in [2.05, 4.69) is 10.3 Å². The Morgan fingerprint density at radius 2 is 1.86 bits per heavy atom. The van der Waals surface area contributed by atoms with Crippen LogP contribution in [0.15, 0.2) is 18.2 Å². The first-order chi connectivity index (χ1) is 10.2. The number of aryl methyl sites for hydroxylation is 2. The van der Waals surface area contributed by atoms with Crippen molar-refractivity contribution < 1.29 is 4.39 Å². The van der Waals surface area contributed by atoms with Crippen molar-refractivity contribution in [3.05, 3.63) is 40.8 Å². The molecule has 1 aromatic heterocycles. The molecule has 3 rings (SSSR count). The molecule has 0 spiro atoms. The Bertz CT molecular complexity index is 647. The number of anilines is 1. The molecule has 0 radical (unpaired) electrons. The molecule has 0 fully saturated rings. The fraction of sp³-hybridized carbons (Fsp3) is 0.412. The van der Waals surface area contributed by atoms with Gasteiger partial charge in [0.1, 0.15) is 11.6 Å². The van der Waals surface area contributed by atoms with Crippen LogP contribution in [-0.4, -0.2) is 17.0 Å². The third-order valence-corrected chi connectivity index (χ3v) is 3.97. The first kappa shape index (κ1) is 14.0. The van der Waals surface area contributed by atoms with Crippen LogP contribution < -0.4 is 5.32 Å². The van der Waals surface area contributed by atoms with E-state index in [1.54, 1.807) is 0 Å². The Hall–Kier alpha value is -1.97. The monoisotopic (exact) mass is 285 g/mol. The number of halogens is 1. The molecule has 21 heavy (non-hydrogen) atoms. The average Bonchev–Trinajstić information content (AvgIpc) is 2.70. The summed E-state index contributed by atoms with van der Waals surface area (Å²) in [6.45, 7) is 1.88. The number of hydrogen-bond acceptors (Lipinski definition) is 3. The molecular weight excluding hydrogens is 265 g/mol. The van der Waals surface area contributed by atoms with Gasteiger partial charge in [-0.3, -0.25) is 0 Å². The Morgan fingerprint density at radius 3 is 2.62 bits per heavy atom. The van der Waals surface area contributed by atoms with E-state index in [9.17, 15) is 4.39 Å². The van der Waals surface area contributed by atoms with E-state index in [1.807, 2.05) is 20.0 Å². The fourth-order valence-electron chi connectivity index (χ4n) is 2.97. The summed E-state index contributed by atoms with van der Waals surface area (Å²) >= 11 is 0.